The molecule has 0 heterocycles. The molecule has 0 aromatic heterocycles. The third-order valence-corrected chi connectivity index (χ3v) is 4.34. The van der Waals surface area contributed by atoms with E-state index in [2.05, 4.69) is 0 Å². The third-order valence-electron chi connectivity index (χ3n) is 2.33. The summed E-state index contributed by atoms with van der Waals surface area (Å²) in [6.07, 6.45) is 4.20. The Bertz CT molecular complexity index is 152. The third kappa shape index (κ3) is 3.18. The monoisotopic (exact) mass is 191 g/mol. The van der Waals surface area contributed by atoms with Crippen LogP contribution in [0.25, 0.3) is 0 Å². The molecule has 0 aromatic carbocycles. The Morgan fingerprint density at radius 1 is 1.25 bits per heavy atom. The Morgan fingerprint density at radius 3 is 2.33 bits per heavy atom. The summed E-state index contributed by atoms with van der Waals surface area (Å²) in [5, 5.41) is 17.3. The lowest BCUT2D eigenvalue weighted by Crippen LogP contribution is -2.14. The lowest BCUT2D eigenvalue weighted by Gasteiger charge is -2.12. The number of hydrogen-bond donors (Lipinski definition) is 2. The van der Waals surface area contributed by atoms with E-state index in [0.717, 1.165) is 25.7 Å². The van der Waals surface area contributed by atoms with Crippen molar-refractivity contribution in [2.24, 2.45) is 0 Å². The molecule has 0 amide bonds. The van der Waals surface area contributed by atoms with Crippen LogP contribution in [0.1, 0.15) is 32.1 Å². The van der Waals surface area contributed by atoms with Crippen LogP contribution in [0.15, 0.2) is 0 Å². The number of aliphatic hydroxyl groups is 2. The van der Waals surface area contributed by atoms with E-state index >= 15 is 0 Å². The first-order valence-electron chi connectivity index (χ1n) is 4.50. The molecule has 0 saturated heterocycles. The maximum atomic E-state index is 11.4. The van der Waals surface area contributed by atoms with E-state index in [-0.39, 0.29) is 11.8 Å². The summed E-state index contributed by atoms with van der Waals surface area (Å²) < 4.78 is 11.4. The molecule has 1 aliphatic rings. The zero-order valence-corrected chi connectivity index (χ0v) is 8.04. The fourth-order valence-electron chi connectivity index (χ4n) is 1.68. The van der Waals surface area contributed by atoms with Crippen molar-refractivity contribution < 1.29 is 14.8 Å². The lowest BCUT2D eigenvalue weighted by atomic mass is 10.0. The van der Waals surface area contributed by atoms with Gasteiger partial charge in [-0.3, -0.25) is 0 Å². The summed E-state index contributed by atoms with van der Waals surface area (Å²) >= 11 is 0. The smallest absolute Gasteiger partial charge is 0.347 e. The van der Waals surface area contributed by atoms with Crippen molar-refractivity contribution >= 4 is 7.80 Å². The van der Waals surface area contributed by atoms with Crippen molar-refractivity contribution in [3.8, 4) is 0 Å². The predicted octanol–water partition coefficient (Wildman–Crippen LogP) is 1.46. The van der Waals surface area contributed by atoms with Crippen LogP contribution < -0.4 is 0 Å². The van der Waals surface area contributed by atoms with Crippen molar-refractivity contribution in [1.29, 1.82) is 0 Å². The highest BCUT2D eigenvalue weighted by molar-refractivity contribution is 7.45. The first kappa shape index (κ1) is 10.1. The minimum Gasteiger partial charge on any atom is -0.365 e. The van der Waals surface area contributed by atoms with Gasteiger partial charge in [-0.1, -0.05) is 11.0 Å². The molecule has 4 heteroatoms. The van der Waals surface area contributed by atoms with Crippen LogP contribution in [-0.4, -0.2) is 28.3 Å². The number of hydrogen-bond acceptors (Lipinski definition) is 3. The topological polar surface area (TPSA) is 57.5 Å². The molecule has 1 atom stereocenters. The van der Waals surface area contributed by atoms with Gasteiger partial charge in [-0.15, -0.1) is 0 Å². The first-order valence-corrected chi connectivity index (χ1v) is 6.01. The van der Waals surface area contributed by atoms with E-state index in [4.69, 9.17) is 10.2 Å². The van der Waals surface area contributed by atoms with Gasteiger partial charge in [0, 0.05) is 0 Å². The molecule has 1 unspecified atom stereocenters. The molecule has 3 nitrogen and oxygen atoms in total. The van der Waals surface area contributed by atoms with Gasteiger partial charge in [-0.05, 0) is 25.7 Å². The highest BCUT2D eigenvalue weighted by atomic mass is 31.1. The van der Waals surface area contributed by atoms with Gasteiger partial charge >= 0.3 is 7.80 Å². The molecule has 1 saturated carbocycles. The van der Waals surface area contributed by atoms with Crippen LogP contribution in [0, 0.1) is 0 Å². The summed E-state index contributed by atoms with van der Waals surface area (Å²) in [6.45, 7) is 0. The van der Waals surface area contributed by atoms with Gasteiger partial charge in [0.15, 0.2) is 18.1 Å². The summed E-state index contributed by atoms with van der Waals surface area (Å²) in [7, 11) is -1.39. The van der Waals surface area contributed by atoms with Gasteiger partial charge in [-0.2, -0.15) is 0 Å². The Labute approximate surface area is 73.6 Å². The summed E-state index contributed by atoms with van der Waals surface area (Å²) in [4.78, 5) is 0. The van der Waals surface area contributed by atoms with Crippen LogP contribution in [0.4, 0.5) is 0 Å². The van der Waals surface area contributed by atoms with Gasteiger partial charge < -0.3 is 10.2 Å². The quantitative estimate of drug-likeness (QED) is 0.524. The van der Waals surface area contributed by atoms with Crippen LogP contribution in [0.5, 0.6) is 0 Å². The predicted molar refractivity (Wildman–Crippen MR) is 47.6 cm³/mol. The fourth-order valence-corrected chi connectivity index (χ4v) is 3.24. The van der Waals surface area contributed by atoms with Crippen molar-refractivity contribution in [1.82, 2.24) is 0 Å². The van der Waals surface area contributed by atoms with Crippen LogP contribution in [0.3, 0.4) is 0 Å². The molecule has 12 heavy (non-hydrogen) atoms. The van der Waals surface area contributed by atoms with E-state index in [9.17, 15) is 4.57 Å². The molecule has 0 aliphatic heterocycles. The molecule has 0 bridgehead atoms. The van der Waals surface area contributed by atoms with E-state index in [1.165, 1.54) is 6.42 Å². The van der Waals surface area contributed by atoms with Gasteiger partial charge in [-0.25, -0.2) is 0 Å². The highest BCUT2D eigenvalue weighted by Gasteiger charge is 2.32. The number of aliphatic hydroxyl groups excluding tert-OH is 1. The summed E-state index contributed by atoms with van der Waals surface area (Å²) in [5.41, 5.74) is 0.246. The summed E-state index contributed by atoms with van der Waals surface area (Å²) in [6, 6.07) is 0. The van der Waals surface area contributed by atoms with Crippen molar-refractivity contribution in [2.75, 3.05) is 6.16 Å². The van der Waals surface area contributed by atoms with Crippen molar-refractivity contribution in [3.63, 3.8) is 0 Å². The van der Waals surface area contributed by atoms with Crippen LogP contribution in [0.2, 0.25) is 0 Å². The normalized spacial score (nSPS) is 21.4. The van der Waals surface area contributed by atoms with Crippen molar-refractivity contribution in [3.05, 3.63) is 0 Å². The van der Waals surface area contributed by atoms with E-state index in [0.29, 0.717) is 0 Å². The average Bonchev–Trinajstić information content (AvgIpc) is 2.05. The van der Waals surface area contributed by atoms with Crippen LogP contribution >= 0.6 is 7.80 Å². The van der Waals surface area contributed by atoms with Gasteiger partial charge in [0.25, 0.3) is 0 Å². The first-order chi connectivity index (χ1) is 5.70. The molecule has 0 aromatic rings. The molecule has 1 aliphatic carbocycles. The molecule has 1 rings (SSSR count). The van der Waals surface area contributed by atoms with E-state index < -0.39 is 14.1 Å². The molecule has 0 spiro atoms. The average molecular weight is 191 g/mol. The largest absolute Gasteiger partial charge is 0.365 e. The SMILES string of the molecule is O=[P+](CC(O)O)C1CCCCC1. The maximum absolute atomic E-state index is 11.4. The summed E-state index contributed by atoms with van der Waals surface area (Å²) in [5.74, 6) is 0. The minimum atomic E-state index is -1.39. The highest BCUT2D eigenvalue weighted by Crippen LogP contribution is 2.38. The van der Waals surface area contributed by atoms with E-state index in [1.807, 2.05) is 0 Å². The second-order valence-electron chi connectivity index (χ2n) is 3.37. The Balaban J connectivity index is 2.30. The number of rotatable bonds is 3. The lowest BCUT2D eigenvalue weighted by molar-refractivity contribution is -0.0199. The standard InChI is InChI=1S/C8H16O3P/c9-8(10)6-12(11)7-4-2-1-3-5-7/h7-10H,1-6H2/q+1. The van der Waals surface area contributed by atoms with Crippen LogP contribution in [-0.2, 0) is 4.57 Å². The molecular weight excluding hydrogens is 175 g/mol. The van der Waals surface area contributed by atoms with Gasteiger partial charge in [0.2, 0.25) is 0 Å². The fraction of sp³-hybridized carbons (Fsp3) is 1.00. The Morgan fingerprint density at radius 2 is 1.83 bits per heavy atom. The van der Waals surface area contributed by atoms with Gasteiger partial charge in [0.05, 0.1) is 0 Å². The molecule has 1 fully saturated rings. The minimum absolute atomic E-state index is 0.0556. The Kier molecular flexibility index (Phi) is 4.13. The second-order valence-corrected chi connectivity index (χ2v) is 5.30. The molecule has 70 valence electrons. The van der Waals surface area contributed by atoms with Gasteiger partial charge in [0.1, 0.15) is 0 Å². The second kappa shape index (κ2) is 4.90. The zero-order chi connectivity index (χ0) is 8.97. The maximum Gasteiger partial charge on any atom is 0.347 e. The van der Waals surface area contributed by atoms with E-state index in [1.54, 1.807) is 0 Å². The van der Waals surface area contributed by atoms with Crippen molar-refractivity contribution in [2.45, 2.75) is 44.1 Å². The molecular formula is C8H16O3P+. The Hall–Kier alpha value is 0.0200. The molecule has 2 N–H and O–H groups in total. The molecule has 0 radical (unpaired) electrons. The zero-order valence-electron chi connectivity index (χ0n) is 7.15.